The van der Waals surface area contributed by atoms with Gasteiger partial charge in [-0.05, 0) is 78.0 Å². The first-order valence-corrected chi connectivity index (χ1v) is 16.4. The van der Waals surface area contributed by atoms with Gasteiger partial charge in [0.2, 0.25) is 5.75 Å². The predicted molar refractivity (Wildman–Crippen MR) is 180 cm³/mol. The molecule has 0 radical (unpaired) electrons. The first kappa shape index (κ1) is 34.0. The van der Waals surface area contributed by atoms with Crippen LogP contribution in [0.25, 0.3) is 22.9 Å². The fraction of sp³-hybridized carbons (Fsp3) is 0.125. The number of rotatable bonds is 13. The van der Waals surface area contributed by atoms with Crippen LogP contribution in [0.1, 0.15) is 6.92 Å². The molecule has 0 aliphatic rings. The van der Waals surface area contributed by atoms with Crippen LogP contribution in [-0.4, -0.2) is 75.8 Å². The van der Waals surface area contributed by atoms with Crippen LogP contribution in [0.15, 0.2) is 96.2 Å². The Hall–Kier alpha value is -6.89. The summed E-state index contributed by atoms with van der Waals surface area (Å²) < 4.78 is 46.8. The zero-order valence-electron chi connectivity index (χ0n) is 27.1. The van der Waals surface area contributed by atoms with Crippen LogP contribution in [-0.2, 0) is 14.9 Å². The monoisotopic (exact) mass is 712 g/mol. The highest BCUT2D eigenvalue weighted by Crippen LogP contribution is 2.42. The van der Waals surface area contributed by atoms with Gasteiger partial charge in [0, 0.05) is 24.5 Å². The molecule has 18 nitrogen and oxygen atoms in total. The Morgan fingerprint density at radius 2 is 1.69 bits per heavy atom. The predicted octanol–water partition coefficient (Wildman–Crippen LogP) is 4.68. The molecule has 4 heterocycles. The first-order valence-electron chi connectivity index (χ1n) is 15.0. The van der Waals surface area contributed by atoms with Gasteiger partial charge in [0.25, 0.3) is 10.0 Å². The van der Waals surface area contributed by atoms with Crippen molar-refractivity contribution in [3.63, 3.8) is 0 Å². The molecule has 0 unspecified atom stereocenters. The minimum absolute atomic E-state index is 0.0888. The zero-order valence-corrected chi connectivity index (χ0v) is 27.9. The van der Waals surface area contributed by atoms with Gasteiger partial charge in [-0.2, -0.15) is 4.98 Å². The van der Waals surface area contributed by atoms with Gasteiger partial charge in [-0.15, -0.1) is 5.10 Å². The number of anilines is 2. The number of aromatic nitrogens is 8. The topological polar surface area (TPSA) is 219 Å². The second-order valence-electron chi connectivity index (χ2n) is 10.1. The highest BCUT2D eigenvalue weighted by molar-refractivity contribution is 7.92. The number of para-hydroxylation sites is 2. The van der Waals surface area contributed by atoms with E-state index in [1.54, 1.807) is 61.5 Å². The fourth-order valence-corrected chi connectivity index (χ4v) is 5.52. The van der Waals surface area contributed by atoms with Gasteiger partial charge in [-0.25, -0.2) is 33.2 Å². The number of pyridine rings is 2. The Morgan fingerprint density at radius 3 is 2.37 bits per heavy atom. The van der Waals surface area contributed by atoms with Gasteiger partial charge in [0.05, 0.1) is 19.1 Å². The quantitative estimate of drug-likeness (QED) is 0.123. The fourth-order valence-electron chi connectivity index (χ4n) is 4.52. The number of amides is 1. The maximum atomic E-state index is 13.8. The van der Waals surface area contributed by atoms with E-state index in [0.29, 0.717) is 22.8 Å². The van der Waals surface area contributed by atoms with Gasteiger partial charge in [0.1, 0.15) is 17.3 Å². The summed E-state index contributed by atoms with van der Waals surface area (Å²) in [4.78, 5) is 42.6. The van der Waals surface area contributed by atoms with Crippen LogP contribution in [0.3, 0.4) is 0 Å². The number of benzene rings is 2. The number of tetrazole rings is 1. The summed E-state index contributed by atoms with van der Waals surface area (Å²) in [7, 11) is -1.46. The Balaban J connectivity index is 1.48. The summed E-state index contributed by atoms with van der Waals surface area (Å²) in [6.45, 7) is 1.88. The lowest BCUT2D eigenvalue weighted by Crippen LogP contribution is -2.33. The Bertz CT molecular complexity index is 2230. The molecular formula is C32H28N10O8S. The van der Waals surface area contributed by atoms with Crippen molar-refractivity contribution >= 4 is 27.8 Å². The van der Waals surface area contributed by atoms with E-state index in [1.807, 2.05) is 0 Å². The number of sulfonamides is 1. The summed E-state index contributed by atoms with van der Waals surface area (Å²) in [5, 5.41) is 13.7. The molecule has 51 heavy (non-hydrogen) atoms. The second-order valence-corrected chi connectivity index (χ2v) is 11.8. The Kier molecular flexibility index (Phi) is 10.1. The van der Waals surface area contributed by atoms with E-state index in [0.717, 1.165) is 0 Å². The van der Waals surface area contributed by atoms with Crippen LogP contribution in [0.5, 0.6) is 28.9 Å². The lowest BCUT2D eigenvalue weighted by molar-refractivity contribution is -0.144. The Labute approximate surface area is 290 Å². The van der Waals surface area contributed by atoms with Crippen molar-refractivity contribution in [2.45, 2.75) is 11.8 Å². The van der Waals surface area contributed by atoms with Crippen molar-refractivity contribution in [2.24, 2.45) is 0 Å². The van der Waals surface area contributed by atoms with Gasteiger partial charge >= 0.3 is 12.0 Å². The molecule has 2 N–H and O–H groups in total. The van der Waals surface area contributed by atoms with Gasteiger partial charge in [0.15, 0.2) is 29.0 Å². The first-order chi connectivity index (χ1) is 24.8. The number of hydrogen-bond acceptors (Lipinski definition) is 15. The van der Waals surface area contributed by atoms with Gasteiger partial charge < -0.3 is 14.2 Å². The van der Waals surface area contributed by atoms with Gasteiger partial charge in [-0.3, -0.25) is 19.5 Å². The maximum absolute atomic E-state index is 13.8. The van der Waals surface area contributed by atoms with Crippen molar-refractivity contribution in [2.75, 3.05) is 30.4 Å². The number of nitrogens with zero attached hydrogens (tertiary/aromatic N) is 8. The number of nitrogens with one attached hydrogen (secondary N) is 2. The molecule has 0 saturated heterocycles. The molecule has 0 aliphatic carbocycles. The lowest BCUT2D eigenvalue weighted by atomic mass is 10.2. The van der Waals surface area contributed by atoms with Crippen molar-refractivity contribution in [3.05, 3.63) is 91.3 Å². The van der Waals surface area contributed by atoms with E-state index in [4.69, 9.17) is 24.0 Å². The summed E-state index contributed by atoms with van der Waals surface area (Å²) in [5.41, 5.74) is 0.642. The number of aromatic amines is 1. The normalized spacial score (nSPS) is 11.0. The number of methoxy groups -OCH3 is 2. The van der Waals surface area contributed by atoms with E-state index >= 15 is 0 Å². The maximum Gasteiger partial charge on any atom is 0.458 e. The van der Waals surface area contributed by atoms with Crippen molar-refractivity contribution in [3.8, 4) is 51.8 Å². The molecule has 0 bridgehead atoms. The minimum atomic E-state index is -4.34. The van der Waals surface area contributed by atoms with E-state index in [2.05, 4.69) is 45.3 Å². The molecule has 0 aliphatic heterocycles. The molecule has 0 fully saturated rings. The molecule has 4 aromatic heterocycles. The molecule has 2 aromatic carbocycles. The average Bonchev–Trinajstić information content (AvgIpc) is 3.71. The van der Waals surface area contributed by atoms with E-state index in [1.165, 1.54) is 55.8 Å². The number of ether oxygens (including phenoxy) is 3. The summed E-state index contributed by atoms with van der Waals surface area (Å²) in [6, 6.07) is 20.3. The third kappa shape index (κ3) is 7.73. The minimum Gasteiger partial charge on any atom is -0.497 e. The molecule has 19 heteroatoms. The van der Waals surface area contributed by atoms with Crippen LogP contribution >= 0.6 is 0 Å². The highest BCUT2D eigenvalue weighted by Gasteiger charge is 2.28. The summed E-state index contributed by atoms with van der Waals surface area (Å²) >= 11 is 0. The van der Waals surface area contributed by atoms with E-state index in [-0.39, 0.29) is 46.2 Å². The third-order valence-corrected chi connectivity index (χ3v) is 8.33. The number of hydrogen-bond donors (Lipinski definition) is 2. The Morgan fingerprint density at radius 1 is 0.902 bits per heavy atom. The standard InChI is InChI=1S/C32H28N10O8S/c1-4-42(26-11-7-8-17-34-26)32(43)50-49-31-27(48-25-10-6-5-9-24(25)47-3)30(39-51(44,45)22-14-12-21(46-2)13-15-22)35-28(36-31)20-16-18-33-23(19-20)29-37-40-41-38-29/h5-19H,4H2,1-3H3,(H,35,36,39)(H,37,38,40,41). The largest absolute Gasteiger partial charge is 0.497 e. The number of carbonyl (C=O) groups is 1. The number of H-pyrrole nitrogens is 1. The average molecular weight is 713 g/mol. The molecule has 0 saturated carbocycles. The van der Waals surface area contributed by atoms with Crippen molar-refractivity contribution in [1.29, 1.82) is 0 Å². The molecule has 1 amide bonds. The molecule has 6 rings (SSSR count). The van der Waals surface area contributed by atoms with Gasteiger partial charge in [-0.1, -0.05) is 18.2 Å². The van der Waals surface area contributed by atoms with E-state index in [9.17, 15) is 13.2 Å². The SMILES string of the molecule is CCN(C(=O)OOc1nc(-c2ccnc(-c3nnn[nH]3)c2)nc(NS(=O)(=O)c2ccc(OC)cc2)c1Oc1ccccc1OC)c1ccccn1. The molecule has 0 spiro atoms. The molecule has 6 aromatic rings. The lowest BCUT2D eigenvalue weighted by Gasteiger charge is -2.20. The smallest absolute Gasteiger partial charge is 0.458 e. The molecular weight excluding hydrogens is 684 g/mol. The van der Waals surface area contributed by atoms with Crippen molar-refractivity contribution < 1.29 is 37.2 Å². The van der Waals surface area contributed by atoms with Crippen LogP contribution in [0.2, 0.25) is 0 Å². The second kappa shape index (κ2) is 15.1. The van der Waals surface area contributed by atoms with Crippen LogP contribution in [0, 0.1) is 0 Å². The highest BCUT2D eigenvalue weighted by atomic mass is 32.2. The van der Waals surface area contributed by atoms with Crippen LogP contribution < -0.4 is 28.7 Å². The molecule has 260 valence electrons. The van der Waals surface area contributed by atoms with E-state index < -0.39 is 22.0 Å². The molecule has 0 atom stereocenters. The zero-order chi connectivity index (χ0) is 35.8. The van der Waals surface area contributed by atoms with Crippen LogP contribution in [0.4, 0.5) is 16.4 Å². The summed E-state index contributed by atoms with van der Waals surface area (Å²) in [6.07, 6.45) is 2.01. The number of carbonyl (C=O) groups excluding carboxylic acids is 1. The third-order valence-electron chi connectivity index (χ3n) is 6.98. The summed E-state index contributed by atoms with van der Waals surface area (Å²) in [5.74, 6) is 0.0583. The van der Waals surface area contributed by atoms with Crippen molar-refractivity contribution in [1.82, 2.24) is 40.6 Å².